The quantitative estimate of drug-likeness (QED) is 0.679. The number of rotatable bonds is 6. The van der Waals surface area contributed by atoms with E-state index in [0.29, 0.717) is 18.7 Å². The Morgan fingerprint density at radius 1 is 1.13 bits per heavy atom. The summed E-state index contributed by atoms with van der Waals surface area (Å²) in [5.74, 6) is 1.42. The van der Waals surface area contributed by atoms with Crippen LogP contribution in [0.25, 0.3) is 11.0 Å². The molecule has 8 heteroatoms. The molecule has 1 heterocycles. The summed E-state index contributed by atoms with van der Waals surface area (Å²) in [5, 5.41) is 2.90. The molecule has 0 radical (unpaired) electrons. The van der Waals surface area contributed by atoms with Crippen molar-refractivity contribution in [3.8, 4) is 5.75 Å². The minimum atomic E-state index is -0.201. The fraction of sp³-hybridized carbons (Fsp3) is 0.318. The van der Waals surface area contributed by atoms with E-state index in [2.05, 4.69) is 10.3 Å². The number of carbonyl (C=O) groups is 2. The van der Waals surface area contributed by atoms with E-state index in [-0.39, 0.29) is 11.9 Å². The first-order valence-electron chi connectivity index (χ1n) is 9.59. The van der Waals surface area contributed by atoms with Gasteiger partial charge in [0, 0.05) is 40.3 Å². The van der Waals surface area contributed by atoms with Crippen LogP contribution >= 0.6 is 0 Å². The standard InChI is InChI=1S/C22H27N5O3/c1-25(2)21(28)16-9-10-19-18(12-16)24-20(27(19)4)14-26(3)22(29)23-13-15-7-6-8-17(11-15)30-5/h6-12H,13-14H2,1-5H3,(H,23,29). The Bertz CT molecular complexity index is 1070. The van der Waals surface area contributed by atoms with Gasteiger partial charge in [0.25, 0.3) is 5.91 Å². The second-order valence-electron chi connectivity index (χ2n) is 7.36. The smallest absolute Gasteiger partial charge is 0.317 e. The van der Waals surface area contributed by atoms with Gasteiger partial charge in [-0.15, -0.1) is 0 Å². The highest BCUT2D eigenvalue weighted by atomic mass is 16.5. The van der Waals surface area contributed by atoms with Gasteiger partial charge in [-0.3, -0.25) is 4.79 Å². The summed E-state index contributed by atoms with van der Waals surface area (Å²) in [4.78, 5) is 32.5. The van der Waals surface area contributed by atoms with Crippen molar-refractivity contribution in [3.05, 3.63) is 59.4 Å². The van der Waals surface area contributed by atoms with Gasteiger partial charge in [0.2, 0.25) is 0 Å². The molecule has 0 atom stereocenters. The van der Waals surface area contributed by atoms with Crippen LogP contribution in [0.4, 0.5) is 4.79 Å². The van der Waals surface area contributed by atoms with Crippen molar-refractivity contribution in [2.24, 2.45) is 7.05 Å². The number of hydrogen-bond donors (Lipinski definition) is 1. The number of aryl methyl sites for hydroxylation is 1. The zero-order chi connectivity index (χ0) is 21.8. The Balaban J connectivity index is 1.69. The molecule has 1 aromatic heterocycles. The predicted octanol–water partition coefficient (Wildman–Crippen LogP) is 2.63. The van der Waals surface area contributed by atoms with E-state index >= 15 is 0 Å². The van der Waals surface area contributed by atoms with Crippen LogP contribution in [-0.4, -0.2) is 59.5 Å². The monoisotopic (exact) mass is 409 g/mol. The lowest BCUT2D eigenvalue weighted by Gasteiger charge is -2.18. The number of amides is 3. The van der Waals surface area contributed by atoms with Gasteiger partial charge in [-0.05, 0) is 35.9 Å². The van der Waals surface area contributed by atoms with Crippen molar-refractivity contribution in [1.82, 2.24) is 24.7 Å². The van der Waals surface area contributed by atoms with Crippen LogP contribution in [-0.2, 0) is 20.1 Å². The van der Waals surface area contributed by atoms with Crippen molar-refractivity contribution in [1.29, 1.82) is 0 Å². The van der Waals surface area contributed by atoms with E-state index < -0.39 is 0 Å². The Morgan fingerprint density at radius 3 is 2.60 bits per heavy atom. The highest BCUT2D eigenvalue weighted by molar-refractivity contribution is 5.97. The summed E-state index contributed by atoms with van der Waals surface area (Å²) in [5.41, 5.74) is 3.18. The predicted molar refractivity (Wildman–Crippen MR) is 115 cm³/mol. The lowest BCUT2D eigenvalue weighted by atomic mass is 10.2. The number of benzene rings is 2. The molecule has 3 aromatic rings. The van der Waals surface area contributed by atoms with E-state index in [9.17, 15) is 9.59 Å². The third-order valence-corrected chi connectivity index (χ3v) is 4.93. The number of imidazole rings is 1. The van der Waals surface area contributed by atoms with Crippen LogP contribution in [0.5, 0.6) is 5.75 Å². The Kier molecular flexibility index (Phi) is 6.25. The number of nitrogens with one attached hydrogen (secondary N) is 1. The van der Waals surface area contributed by atoms with Gasteiger partial charge in [0.15, 0.2) is 0 Å². The van der Waals surface area contributed by atoms with Gasteiger partial charge in [-0.1, -0.05) is 12.1 Å². The molecule has 0 fully saturated rings. The highest BCUT2D eigenvalue weighted by Crippen LogP contribution is 2.19. The Hall–Kier alpha value is -3.55. The van der Waals surface area contributed by atoms with Crippen LogP contribution in [0, 0.1) is 0 Å². The largest absolute Gasteiger partial charge is 0.497 e. The van der Waals surface area contributed by atoms with Gasteiger partial charge in [-0.25, -0.2) is 9.78 Å². The summed E-state index contributed by atoms with van der Waals surface area (Å²) >= 11 is 0. The van der Waals surface area contributed by atoms with Crippen LogP contribution in [0.2, 0.25) is 0 Å². The van der Waals surface area contributed by atoms with Gasteiger partial charge in [0.05, 0.1) is 24.7 Å². The van der Waals surface area contributed by atoms with Gasteiger partial charge >= 0.3 is 6.03 Å². The first-order chi connectivity index (χ1) is 14.3. The number of carbonyl (C=O) groups excluding carboxylic acids is 2. The minimum absolute atomic E-state index is 0.0712. The molecule has 0 aliphatic carbocycles. The fourth-order valence-electron chi connectivity index (χ4n) is 3.16. The maximum Gasteiger partial charge on any atom is 0.317 e. The second-order valence-corrected chi connectivity index (χ2v) is 7.36. The van der Waals surface area contributed by atoms with E-state index in [1.807, 2.05) is 41.9 Å². The van der Waals surface area contributed by atoms with Crippen LogP contribution < -0.4 is 10.1 Å². The summed E-state index contributed by atoms with van der Waals surface area (Å²) in [6, 6.07) is 12.8. The van der Waals surface area contributed by atoms with Crippen molar-refractivity contribution in [2.45, 2.75) is 13.1 Å². The molecule has 3 rings (SSSR count). The van der Waals surface area contributed by atoms with Gasteiger partial charge in [0.1, 0.15) is 11.6 Å². The summed E-state index contributed by atoms with van der Waals surface area (Å²) < 4.78 is 7.14. The average Bonchev–Trinajstić information content (AvgIpc) is 3.05. The molecule has 0 aliphatic rings. The number of hydrogen-bond acceptors (Lipinski definition) is 4. The number of methoxy groups -OCH3 is 1. The summed E-state index contributed by atoms with van der Waals surface area (Å²) in [6.45, 7) is 0.741. The van der Waals surface area contributed by atoms with E-state index in [4.69, 9.17) is 4.74 Å². The lowest BCUT2D eigenvalue weighted by molar-refractivity contribution is 0.0827. The summed E-state index contributed by atoms with van der Waals surface area (Å²) in [6.07, 6.45) is 0. The third kappa shape index (κ3) is 4.53. The topological polar surface area (TPSA) is 79.7 Å². The number of aromatic nitrogens is 2. The van der Waals surface area contributed by atoms with Crippen LogP contribution in [0.15, 0.2) is 42.5 Å². The molecule has 0 bridgehead atoms. The maximum absolute atomic E-state index is 12.5. The first-order valence-corrected chi connectivity index (χ1v) is 9.59. The Morgan fingerprint density at radius 2 is 1.90 bits per heavy atom. The molecule has 8 nitrogen and oxygen atoms in total. The molecule has 0 spiro atoms. The normalized spacial score (nSPS) is 10.7. The molecule has 2 aromatic carbocycles. The minimum Gasteiger partial charge on any atom is -0.497 e. The van der Waals surface area contributed by atoms with Crippen molar-refractivity contribution >= 4 is 23.0 Å². The first kappa shape index (κ1) is 21.2. The molecular weight excluding hydrogens is 382 g/mol. The molecule has 0 unspecified atom stereocenters. The molecule has 158 valence electrons. The number of fused-ring (bicyclic) bond motifs is 1. The number of nitrogens with zero attached hydrogens (tertiary/aromatic N) is 4. The number of urea groups is 1. The molecule has 30 heavy (non-hydrogen) atoms. The fourth-order valence-corrected chi connectivity index (χ4v) is 3.16. The van der Waals surface area contributed by atoms with Crippen LogP contribution in [0.3, 0.4) is 0 Å². The molecule has 3 amide bonds. The molecule has 0 aliphatic heterocycles. The summed E-state index contributed by atoms with van der Waals surface area (Å²) in [7, 11) is 8.67. The van der Waals surface area contributed by atoms with Crippen LogP contribution in [0.1, 0.15) is 21.7 Å². The molecule has 1 N–H and O–H groups in total. The van der Waals surface area contributed by atoms with E-state index in [0.717, 1.165) is 28.2 Å². The average molecular weight is 409 g/mol. The highest BCUT2D eigenvalue weighted by Gasteiger charge is 2.16. The van der Waals surface area contributed by atoms with E-state index in [1.165, 1.54) is 4.90 Å². The Labute approximate surface area is 176 Å². The maximum atomic E-state index is 12.5. The van der Waals surface area contributed by atoms with Crippen molar-refractivity contribution in [3.63, 3.8) is 0 Å². The second kappa shape index (κ2) is 8.86. The third-order valence-electron chi connectivity index (χ3n) is 4.93. The van der Waals surface area contributed by atoms with Gasteiger partial charge in [-0.2, -0.15) is 0 Å². The SMILES string of the molecule is COc1cccc(CNC(=O)N(C)Cc2nc3cc(C(=O)N(C)C)ccc3n2C)c1. The lowest BCUT2D eigenvalue weighted by Crippen LogP contribution is -2.36. The van der Waals surface area contributed by atoms with E-state index in [1.54, 1.807) is 45.3 Å². The zero-order valence-electron chi connectivity index (χ0n) is 18.0. The van der Waals surface area contributed by atoms with Gasteiger partial charge < -0.3 is 24.4 Å². The molecular formula is C22H27N5O3. The molecule has 0 saturated heterocycles. The van der Waals surface area contributed by atoms with Crippen molar-refractivity contribution in [2.75, 3.05) is 28.3 Å². The zero-order valence-corrected chi connectivity index (χ0v) is 18.0. The van der Waals surface area contributed by atoms with Crippen molar-refractivity contribution < 1.29 is 14.3 Å². The molecule has 0 saturated carbocycles. The number of ether oxygens (including phenoxy) is 1.